The Labute approximate surface area is 270 Å². The van der Waals surface area contributed by atoms with Gasteiger partial charge in [-0.3, -0.25) is 14.5 Å². The molecule has 11 heteroatoms. The van der Waals surface area contributed by atoms with Crippen LogP contribution in [0, 0.1) is 19.4 Å². The number of aromatic hydroxyl groups is 1. The number of phenols is 1. The van der Waals surface area contributed by atoms with Crippen molar-refractivity contribution in [2.24, 2.45) is 0 Å². The minimum atomic E-state index is -1.57. The maximum atomic E-state index is 14.2. The summed E-state index contributed by atoms with van der Waals surface area (Å²) >= 11 is 1.45. The molecule has 0 aliphatic carbocycles. The highest BCUT2D eigenvalue weighted by atomic mass is 32.2. The van der Waals surface area contributed by atoms with Crippen LogP contribution >= 0.6 is 11.8 Å². The summed E-state index contributed by atoms with van der Waals surface area (Å²) in [6, 6.07) is 12.2. The minimum Gasteiger partial charge on any atom is -0.507 e. The summed E-state index contributed by atoms with van der Waals surface area (Å²) in [5.74, 6) is -2.04. The molecule has 2 aromatic carbocycles. The lowest BCUT2D eigenvalue weighted by molar-refractivity contribution is -0.159. The second-order valence-corrected chi connectivity index (χ2v) is 13.5. The van der Waals surface area contributed by atoms with Gasteiger partial charge in [0.25, 0.3) is 5.91 Å². The lowest BCUT2D eigenvalue weighted by Crippen LogP contribution is -2.54. The normalized spacial score (nSPS) is 13.4. The molecule has 45 heavy (non-hydrogen) atoms. The van der Waals surface area contributed by atoms with Gasteiger partial charge in [-0.2, -0.15) is 11.8 Å². The molecule has 3 amide bonds. The average molecular weight is 640 g/mol. The first-order valence-electron chi connectivity index (χ1n) is 14.6. The van der Waals surface area contributed by atoms with E-state index < -0.39 is 53.2 Å². The fourth-order valence-electron chi connectivity index (χ4n) is 4.34. The van der Waals surface area contributed by atoms with E-state index in [1.807, 2.05) is 36.6 Å². The molecule has 0 saturated heterocycles. The van der Waals surface area contributed by atoms with Crippen LogP contribution in [0.25, 0.3) is 0 Å². The van der Waals surface area contributed by atoms with Gasteiger partial charge in [-0.05, 0) is 78.0 Å². The molecule has 0 aliphatic rings. The molecule has 0 aliphatic heterocycles. The third kappa shape index (κ3) is 11.7. The van der Waals surface area contributed by atoms with E-state index >= 15 is 0 Å². The van der Waals surface area contributed by atoms with E-state index in [1.165, 1.54) is 17.8 Å². The molecule has 2 rings (SSSR count). The second kappa shape index (κ2) is 16.2. The summed E-state index contributed by atoms with van der Waals surface area (Å²) in [5, 5.41) is 16.4. The highest BCUT2D eigenvalue weighted by Crippen LogP contribution is 2.32. The lowest BCUT2D eigenvalue weighted by atomic mass is 9.98. The molecule has 0 aromatic heterocycles. The summed E-state index contributed by atoms with van der Waals surface area (Å²) in [5.41, 5.74) is -0.430. The van der Waals surface area contributed by atoms with Gasteiger partial charge in [0.15, 0.2) is 6.04 Å². The molecule has 10 nitrogen and oxygen atoms in total. The number of thioether (sulfide) groups is 1. The zero-order valence-corrected chi connectivity index (χ0v) is 28.1. The number of carbonyl (C=O) groups is 4. The van der Waals surface area contributed by atoms with Crippen molar-refractivity contribution >= 4 is 35.6 Å². The first-order valence-corrected chi connectivity index (χ1v) is 16.0. The predicted molar refractivity (Wildman–Crippen MR) is 175 cm³/mol. The summed E-state index contributed by atoms with van der Waals surface area (Å²) in [6.07, 6.45) is 7.18. The van der Waals surface area contributed by atoms with E-state index in [1.54, 1.807) is 60.6 Å². The van der Waals surface area contributed by atoms with Gasteiger partial charge in [-0.15, -0.1) is 0 Å². The maximum absolute atomic E-state index is 14.2. The number of carbonyl (C=O) groups excluding carboxylic acids is 4. The van der Waals surface area contributed by atoms with Crippen LogP contribution in [-0.2, 0) is 30.3 Å². The Morgan fingerprint density at radius 2 is 1.56 bits per heavy atom. The number of phenolic OH excluding ortho intramolecular Hbond substituents is 1. The smallest absolute Gasteiger partial charge is 0.408 e. The largest absolute Gasteiger partial charge is 0.507 e. The summed E-state index contributed by atoms with van der Waals surface area (Å²) in [4.78, 5) is 55.1. The van der Waals surface area contributed by atoms with Gasteiger partial charge >= 0.3 is 12.1 Å². The van der Waals surface area contributed by atoms with Crippen molar-refractivity contribution in [1.29, 1.82) is 0 Å². The van der Waals surface area contributed by atoms with Gasteiger partial charge in [-0.25, -0.2) is 9.59 Å². The molecule has 2 aromatic rings. The number of alkyl carbamates (subject to hydrolysis) is 1. The van der Waals surface area contributed by atoms with Crippen molar-refractivity contribution < 1.29 is 33.8 Å². The zero-order chi connectivity index (χ0) is 33.9. The summed E-state index contributed by atoms with van der Waals surface area (Å²) < 4.78 is 11.0. The van der Waals surface area contributed by atoms with Crippen LogP contribution in [0.1, 0.15) is 70.7 Å². The number of aryl methyl sites for hydroxylation is 1. The Kier molecular flexibility index (Phi) is 13.4. The Morgan fingerprint density at radius 1 is 0.933 bits per heavy atom. The molecule has 0 fully saturated rings. The van der Waals surface area contributed by atoms with Gasteiger partial charge in [0, 0.05) is 18.0 Å². The predicted octanol–water partition coefficient (Wildman–Crippen LogP) is 4.88. The summed E-state index contributed by atoms with van der Waals surface area (Å²) in [6.45, 7) is 11.9. The number of hydrogen-bond acceptors (Lipinski definition) is 8. The Balaban J connectivity index is 2.58. The molecule has 0 spiro atoms. The number of benzene rings is 2. The van der Waals surface area contributed by atoms with Gasteiger partial charge in [0.05, 0.1) is 0 Å². The standard InChI is InChI=1S/C34H45N3O7S/c1-10-37(30(40)25(19-20-45-9)36-32(42)44-34(6,7)8)27(24-18-14-15-22(2)28(24)38)29(39)35-26(31(41)43-33(3,4)5)21-23-16-12-11-13-17-23/h1,11-18,25-27,38H,19-21H2,2-9H3,(H,35,39)(H,36,42). The molecule has 0 saturated carbocycles. The maximum Gasteiger partial charge on any atom is 0.408 e. The Morgan fingerprint density at radius 3 is 2.11 bits per heavy atom. The van der Waals surface area contributed by atoms with E-state index in [-0.39, 0.29) is 24.2 Å². The van der Waals surface area contributed by atoms with Crippen LogP contribution in [-0.4, -0.2) is 69.2 Å². The number of terminal acetylenes is 1. The van der Waals surface area contributed by atoms with Crippen LogP contribution in [0.5, 0.6) is 5.75 Å². The zero-order valence-electron chi connectivity index (χ0n) is 27.3. The molecular weight excluding hydrogens is 594 g/mol. The van der Waals surface area contributed by atoms with E-state index in [0.29, 0.717) is 11.3 Å². The van der Waals surface area contributed by atoms with Crippen molar-refractivity contribution in [1.82, 2.24) is 15.5 Å². The number of para-hydroxylation sites is 1. The van der Waals surface area contributed by atoms with E-state index in [2.05, 4.69) is 16.7 Å². The first kappa shape index (κ1) is 37.0. The number of hydrogen-bond donors (Lipinski definition) is 3. The number of ether oxygens (including phenoxy) is 2. The first-order chi connectivity index (χ1) is 21.0. The fourth-order valence-corrected chi connectivity index (χ4v) is 4.81. The van der Waals surface area contributed by atoms with Crippen LogP contribution in [0.2, 0.25) is 0 Å². The van der Waals surface area contributed by atoms with Gasteiger partial charge in [0.2, 0.25) is 5.91 Å². The quantitative estimate of drug-likeness (QED) is 0.170. The van der Waals surface area contributed by atoms with Gasteiger partial charge in [-0.1, -0.05) is 55.0 Å². The van der Waals surface area contributed by atoms with Crippen molar-refractivity contribution in [2.45, 2.75) is 90.6 Å². The van der Waals surface area contributed by atoms with Gasteiger partial charge in [0.1, 0.15) is 29.0 Å². The molecular formula is C34H45N3O7S. The third-order valence-electron chi connectivity index (χ3n) is 6.34. The SMILES string of the molecule is C#CN(C(=O)C(CCSC)NC(=O)OC(C)(C)C)C(C(=O)NC(Cc1ccccc1)C(=O)OC(C)(C)C)c1cccc(C)c1O. The van der Waals surface area contributed by atoms with E-state index in [9.17, 15) is 24.3 Å². The Bertz CT molecular complexity index is 1380. The molecule has 0 heterocycles. The molecule has 3 N–H and O–H groups in total. The van der Waals surface area contributed by atoms with E-state index in [0.717, 1.165) is 10.5 Å². The number of esters is 1. The van der Waals surface area contributed by atoms with Crippen LogP contribution in [0.3, 0.4) is 0 Å². The number of nitrogens with one attached hydrogen (secondary N) is 2. The highest BCUT2D eigenvalue weighted by Gasteiger charge is 2.39. The van der Waals surface area contributed by atoms with Crippen molar-refractivity contribution in [3.63, 3.8) is 0 Å². The topological polar surface area (TPSA) is 134 Å². The average Bonchev–Trinajstić information content (AvgIpc) is 2.93. The third-order valence-corrected chi connectivity index (χ3v) is 6.98. The molecule has 0 bridgehead atoms. The van der Waals surface area contributed by atoms with Crippen molar-refractivity contribution in [3.8, 4) is 18.2 Å². The van der Waals surface area contributed by atoms with Crippen molar-refractivity contribution in [2.75, 3.05) is 12.0 Å². The molecule has 3 atom stereocenters. The van der Waals surface area contributed by atoms with E-state index in [4.69, 9.17) is 15.9 Å². The second-order valence-electron chi connectivity index (χ2n) is 12.5. The number of rotatable bonds is 12. The molecule has 244 valence electrons. The van der Waals surface area contributed by atoms with Crippen LogP contribution in [0.4, 0.5) is 4.79 Å². The van der Waals surface area contributed by atoms with Gasteiger partial charge < -0.3 is 25.2 Å². The number of amides is 3. The minimum absolute atomic E-state index is 0.0438. The fraction of sp³-hybridized carbons (Fsp3) is 0.471. The molecule has 3 unspecified atom stereocenters. The number of nitrogens with zero attached hydrogens (tertiary/aromatic N) is 1. The molecule has 0 radical (unpaired) electrons. The highest BCUT2D eigenvalue weighted by molar-refractivity contribution is 7.98. The van der Waals surface area contributed by atoms with Crippen molar-refractivity contribution in [3.05, 3.63) is 65.2 Å². The monoisotopic (exact) mass is 639 g/mol. The Hall–Kier alpha value is -4.17. The van der Waals surface area contributed by atoms with Crippen LogP contribution < -0.4 is 10.6 Å². The van der Waals surface area contributed by atoms with Crippen LogP contribution in [0.15, 0.2) is 48.5 Å². The lowest BCUT2D eigenvalue weighted by Gasteiger charge is -2.32. The summed E-state index contributed by atoms with van der Waals surface area (Å²) in [7, 11) is 0.